The van der Waals surface area contributed by atoms with Crippen LogP contribution in [-0.2, 0) is 16.8 Å². The van der Waals surface area contributed by atoms with Crippen LogP contribution in [0.1, 0.15) is 12.0 Å². The highest BCUT2D eigenvalue weighted by Gasteiger charge is 2.16. The van der Waals surface area contributed by atoms with Crippen molar-refractivity contribution in [1.82, 2.24) is 19.3 Å². The Morgan fingerprint density at radius 1 is 1.33 bits per heavy atom. The number of rotatable bonds is 8. The SMILES string of the molecule is CNCCCN(C)S(=O)(=O)NCc1ccncc1. The van der Waals surface area contributed by atoms with Gasteiger partial charge in [-0.1, -0.05) is 0 Å². The Morgan fingerprint density at radius 2 is 2.00 bits per heavy atom. The van der Waals surface area contributed by atoms with E-state index in [1.54, 1.807) is 31.6 Å². The molecule has 0 amide bonds. The summed E-state index contributed by atoms with van der Waals surface area (Å²) in [6.45, 7) is 1.57. The van der Waals surface area contributed by atoms with Crippen LogP contribution in [-0.4, -0.2) is 44.9 Å². The first-order valence-corrected chi connectivity index (χ1v) is 7.24. The Labute approximate surface area is 109 Å². The van der Waals surface area contributed by atoms with Gasteiger partial charge in [0.15, 0.2) is 0 Å². The lowest BCUT2D eigenvalue weighted by Gasteiger charge is -2.17. The summed E-state index contributed by atoms with van der Waals surface area (Å²) in [6, 6.07) is 3.56. The molecule has 0 aliphatic carbocycles. The monoisotopic (exact) mass is 272 g/mol. The summed E-state index contributed by atoms with van der Waals surface area (Å²) >= 11 is 0. The molecule has 7 heteroatoms. The second-order valence-corrected chi connectivity index (χ2v) is 5.82. The molecule has 1 heterocycles. The van der Waals surface area contributed by atoms with E-state index < -0.39 is 10.2 Å². The standard InChI is InChI=1S/C11H20N4O2S/c1-12-6-3-9-15(2)18(16,17)14-10-11-4-7-13-8-5-11/h4-5,7-8,12,14H,3,6,9-10H2,1-2H3. The van der Waals surface area contributed by atoms with E-state index in [0.29, 0.717) is 6.54 Å². The highest BCUT2D eigenvalue weighted by atomic mass is 32.2. The molecule has 0 saturated carbocycles. The van der Waals surface area contributed by atoms with E-state index in [9.17, 15) is 8.42 Å². The molecule has 0 spiro atoms. The fourth-order valence-electron chi connectivity index (χ4n) is 1.38. The molecule has 1 aromatic rings. The summed E-state index contributed by atoms with van der Waals surface area (Å²) in [7, 11) is 0.0136. The maximum absolute atomic E-state index is 11.9. The van der Waals surface area contributed by atoms with E-state index in [1.807, 2.05) is 7.05 Å². The average molecular weight is 272 g/mol. The first-order valence-electron chi connectivity index (χ1n) is 5.80. The molecule has 18 heavy (non-hydrogen) atoms. The van der Waals surface area contributed by atoms with E-state index in [0.717, 1.165) is 18.5 Å². The molecule has 102 valence electrons. The zero-order valence-electron chi connectivity index (χ0n) is 10.8. The van der Waals surface area contributed by atoms with Gasteiger partial charge in [-0.15, -0.1) is 0 Å². The number of aromatic nitrogens is 1. The lowest BCUT2D eigenvalue weighted by atomic mass is 10.3. The van der Waals surface area contributed by atoms with Crippen LogP contribution in [0.15, 0.2) is 24.5 Å². The van der Waals surface area contributed by atoms with Crippen molar-refractivity contribution in [2.75, 3.05) is 27.2 Å². The topological polar surface area (TPSA) is 74.3 Å². The van der Waals surface area contributed by atoms with Crippen LogP contribution >= 0.6 is 0 Å². The van der Waals surface area contributed by atoms with E-state index in [1.165, 1.54) is 4.31 Å². The lowest BCUT2D eigenvalue weighted by Crippen LogP contribution is -2.38. The van der Waals surface area contributed by atoms with E-state index in [2.05, 4.69) is 15.0 Å². The summed E-state index contributed by atoms with van der Waals surface area (Å²) in [6.07, 6.45) is 4.06. The fourth-order valence-corrected chi connectivity index (χ4v) is 2.32. The first kappa shape index (κ1) is 15.0. The molecule has 0 aromatic carbocycles. The van der Waals surface area contributed by atoms with Gasteiger partial charge in [0.25, 0.3) is 10.2 Å². The minimum atomic E-state index is -3.40. The van der Waals surface area contributed by atoms with Crippen molar-refractivity contribution >= 4 is 10.2 Å². The lowest BCUT2D eigenvalue weighted by molar-refractivity contribution is 0.447. The van der Waals surface area contributed by atoms with Crippen LogP contribution in [0.4, 0.5) is 0 Å². The Bertz CT molecular complexity index is 436. The third-order valence-electron chi connectivity index (χ3n) is 2.52. The molecule has 0 fully saturated rings. The molecule has 0 unspecified atom stereocenters. The Balaban J connectivity index is 2.44. The van der Waals surface area contributed by atoms with Gasteiger partial charge in [-0.05, 0) is 37.7 Å². The van der Waals surface area contributed by atoms with Crippen LogP contribution in [0.5, 0.6) is 0 Å². The van der Waals surface area contributed by atoms with Gasteiger partial charge in [-0.2, -0.15) is 17.4 Å². The highest BCUT2D eigenvalue weighted by Crippen LogP contribution is 2.00. The van der Waals surface area contributed by atoms with E-state index in [4.69, 9.17) is 0 Å². The highest BCUT2D eigenvalue weighted by molar-refractivity contribution is 7.87. The van der Waals surface area contributed by atoms with Gasteiger partial charge in [0, 0.05) is 32.5 Å². The van der Waals surface area contributed by atoms with Crippen LogP contribution in [0.25, 0.3) is 0 Å². The Hall–Kier alpha value is -1.02. The van der Waals surface area contributed by atoms with Crippen molar-refractivity contribution in [3.63, 3.8) is 0 Å². The van der Waals surface area contributed by atoms with E-state index in [-0.39, 0.29) is 6.54 Å². The quantitative estimate of drug-likeness (QED) is 0.651. The second-order valence-electron chi connectivity index (χ2n) is 3.96. The van der Waals surface area contributed by atoms with Crippen molar-refractivity contribution in [3.05, 3.63) is 30.1 Å². The Morgan fingerprint density at radius 3 is 2.61 bits per heavy atom. The van der Waals surface area contributed by atoms with Gasteiger partial charge in [0.1, 0.15) is 0 Å². The summed E-state index contributed by atoms with van der Waals surface area (Å²) in [5, 5.41) is 2.98. The molecule has 0 aliphatic rings. The summed E-state index contributed by atoms with van der Waals surface area (Å²) in [5.41, 5.74) is 0.886. The molecular formula is C11H20N4O2S. The van der Waals surface area contributed by atoms with E-state index >= 15 is 0 Å². The molecular weight excluding hydrogens is 252 g/mol. The maximum atomic E-state index is 11.9. The van der Waals surface area contributed by atoms with Crippen LogP contribution in [0.3, 0.4) is 0 Å². The van der Waals surface area contributed by atoms with Gasteiger partial charge in [0.05, 0.1) is 0 Å². The van der Waals surface area contributed by atoms with Gasteiger partial charge in [0.2, 0.25) is 0 Å². The maximum Gasteiger partial charge on any atom is 0.279 e. The number of hydrogen-bond donors (Lipinski definition) is 2. The minimum absolute atomic E-state index is 0.279. The molecule has 2 N–H and O–H groups in total. The van der Waals surface area contributed by atoms with Crippen LogP contribution in [0, 0.1) is 0 Å². The second kappa shape index (κ2) is 7.42. The fraction of sp³-hybridized carbons (Fsp3) is 0.545. The third-order valence-corrected chi connectivity index (χ3v) is 4.03. The summed E-state index contributed by atoms with van der Waals surface area (Å²) < 4.78 is 27.6. The molecule has 0 atom stereocenters. The van der Waals surface area contributed by atoms with Crippen molar-refractivity contribution in [2.24, 2.45) is 0 Å². The molecule has 1 aromatic heterocycles. The number of nitrogens with zero attached hydrogens (tertiary/aromatic N) is 2. The molecule has 0 bridgehead atoms. The van der Waals surface area contributed by atoms with Crippen LogP contribution in [0.2, 0.25) is 0 Å². The summed E-state index contributed by atoms with van der Waals surface area (Å²) in [4.78, 5) is 3.88. The van der Waals surface area contributed by atoms with Gasteiger partial charge in [-0.25, -0.2) is 0 Å². The number of hydrogen-bond acceptors (Lipinski definition) is 4. The van der Waals surface area contributed by atoms with Crippen molar-refractivity contribution in [2.45, 2.75) is 13.0 Å². The van der Waals surface area contributed by atoms with Gasteiger partial charge in [-0.3, -0.25) is 4.98 Å². The molecule has 0 aliphatic heterocycles. The summed E-state index contributed by atoms with van der Waals surface area (Å²) in [5.74, 6) is 0. The largest absolute Gasteiger partial charge is 0.320 e. The average Bonchev–Trinajstić information content (AvgIpc) is 2.38. The number of nitrogens with one attached hydrogen (secondary N) is 2. The van der Waals surface area contributed by atoms with Crippen molar-refractivity contribution < 1.29 is 8.42 Å². The smallest absolute Gasteiger partial charge is 0.279 e. The zero-order chi connectivity index (χ0) is 13.4. The Kier molecular flexibility index (Phi) is 6.20. The normalized spacial score (nSPS) is 11.9. The minimum Gasteiger partial charge on any atom is -0.320 e. The zero-order valence-corrected chi connectivity index (χ0v) is 11.6. The first-order chi connectivity index (χ1) is 8.56. The van der Waals surface area contributed by atoms with Crippen molar-refractivity contribution in [3.8, 4) is 0 Å². The van der Waals surface area contributed by atoms with Crippen molar-refractivity contribution in [1.29, 1.82) is 0 Å². The molecule has 1 rings (SSSR count). The van der Waals surface area contributed by atoms with Gasteiger partial charge < -0.3 is 5.32 Å². The number of pyridine rings is 1. The molecule has 0 saturated heterocycles. The van der Waals surface area contributed by atoms with Gasteiger partial charge >= 0.3 is 0 Å². The predicted octanol–water partition coefficient (Wildman–Crippen LogP) is -0.0427. The molecule has 0 radical (unpaired) electrons. The molecule has 6 nitrogen and oxygen atoms in total. The predicted molar refractivity (Wildman–Crippen MR) is 71.2 cm³/mol. The third kappa shape index (κ3) is 5.09. The van der Waals surface area contributed by atoms with Crippen LogP contribution < -0.4 is 10.0 Å².